The van der Waals surface area contributed by atoms with Crippen LogP contribution in [0.2, 0.25) is 0 Å². The van der Waals surface area contributed by atoms with Crippen LogP contribution in [-0.2, 0) is 0 Å². The summed E-state index contributed by atoms with van der Waals surface area (Å²) < 4.78 is 6.54. The summed E-state index contributed by atoms with van der Waals surface area (Å²) in [5.41, 5.74) is 0.636. The second-order valence-electron chi connectivity index (χ2n) is 3.07. The SMILES string of the molecule is O=C1NCCCOc2c(I)cccc21. The molecule has 0 fully saturated rings. The quantitative estimate of drug-likeness (QED) is 0.742. The summed E-state index contributed by atoms with van der Waals surface area (Å²) in [6.45, 7) is 1.34. The highest BCUT2D eigenvalue weighted by Crippen LogP contribution is 2.26. The highest BCUT2D eigenvalue weighted by molar-refractivity contribution is 14.1. The minimum atomic E-state index is -0.0433. The van der Waals surface area contributed by atoms with E-state index >= 15 is 0 Å². The highest BCUT2D eigenvalue weighted by Gasteiger charge is 2.16. The molecule has 0 spiro atoms. The van der Waals surface area contributed by atoms with E-state index in [9.17, 15) is 4.79 Å². The van der Waals surface area contributed by atoms with Crippen LogP contribution in [0.5, 0.6) is 5.75 Å². The normalized spacial score (nSPS) is 15.9. The maximum atomic E-state index is 11.6. The maximum Gasteiger partial charge on any atom is 0.255 e. The van der Waals surface area contributed by atoms with Crippen molar-refractivity contribution >= 4 is 28.5 Å². The molecule has 3 nitrogen and oxygen atoms in total. The van der Waals surface area contributed by atoms with Crippen molar-refractivity contribution < 1.29 is 9.53 Å². The lowest BCUT2D eigenvalue weighted by atomic mass is 10.1. The van der Waals surface area contributed by atoms with E-state index in [1.807, 2.05) is 12.1 Å². The first-order valence-corrected chi connectivity index (χ1v) is 5.56. The van der Waals surface area contributed by atoms with E-state index in [4.69, 9.17) is 4.74 Å². The zero-order valence-electron chi connectivity index (χ0n) is 7.55. The second kappa shape index (κ2) is 4.16. The molecule has 0 radical (unpaired) electrons. The van der Waals surface area contributed by atoms with E-state index in [2.05, 4.69) is 27.9 Å². The average molecular weight is 303 g/mol. The standard InChI is InChI=1S/C10H10INO2/c11-8-4-1-3-7-9(8)14-6-2-5-12-10(7)13/h1,3-4H,2,5-6H2,(H,12,13). The number of rotatable bonds is 0. The Kier molecular flexibility index (Phi) is 2.90. The number of hydrogen-bond acceptors (Lipinski definition) is 2. The van der Waals surface area contributed by atoms with Gasteiger partial charge in [0.2, 0.25) is 0 Å². The molecule has 0 saturated heterocycles. The summed E-state index contributed by atoms with van der Waals surface area (Å²) in [4.78, 5) is 11.6. The van der Waals surface area contributed by atoms with Crippen molar-refractivity contribution in [1.82, 2.24) is 5.32 Å². The molecule has 0 bridgehead atoms. The first-order chi connectivity index (χ1) is 6.79. The molecule has 1 heterocycles. The third kappa shape index (κ3) is 1.84. The third-order valence-electron chi connectivity index (χ3n) is 2.06. The van der Waals surface area contributed by atoms with Crippen LogP contribution >= 0.6 is 22.6 Å². The van der Waals surface area contributed by atoms with Crippen LogP contribution < -0.4 is 10.1 Å². The fourth-order valence-corrected chi connectivity index (χ4v) is 2.03. The van der Waals surface area contributed by atoms with Crippen LogP contribution in [0.4, 0.5) is 0 Å². The summed E-state index contributed by atoms with van der Waals surface area (Å²) in [6.07, 6.45) is 0.857. The Bertz CT molecular complexity index is 365. The van der Waals surface area contributed by atoms with E-state index in [0.29, 0.717) is 24.5 Å². The molecular formula is C10H10INO2. The summed E-state index contributed by atoms with van der Waals surface area (Å²) in [5.74, 6) is 0.670. The number of nitrogens with one attached hydrogen (secondary N) is 1. The number of halogens is 1. The van der Waals surface area contributed by atoms with Crippen molar-refractivity contribution in [1.29, 1.82) is 0 Å². The van der Waals surface area contributed by atoms with Gasteiger partial charge < -0.3 is 10.1 Å². The molecule has 1 aliphatic heterocycles. The van der Waals surface area contributed by atoms with Gasteiger partial charge in [-0.1, -0.05) is 6.07 Å². The number of ether oxygens (including phenoxy) is 1. The minimum absolute atomic E-state index is 0.0433. The van der Waals surface area contributed by atoms with Crippen molar-refractivity contribution in [2.24, 2.45) is 0 Å². The number of benzene rings is 1. The van der Waals surface area contributed by atoms with Crippen LogP contribution in [-0.4, -0.2) is 19.1 Å². The summed E-state index contributed by atoms with van der Waals surface area (Å²) >= 11 is 2.18. The van der Waals surface area contributed by atoms with Crippen molar-refractivity contribution in [2.45, 2.75) is 6.42 Å². The van der Waals surface area contributed by atoms with Gasteiger partial charge in [-0.15, -0.1) is 0 Å². The van der Waals surface area contributed by atoms with E-state index in [1.54, 1.807) is 6.07 Å². The topological polar surface area (TPSA) is 38.3 Å². The number of hydrogen-bond donors (Lipinski definition) is 1. The number of amides is 1. The summed E-state index contributed by atoms with van der Waals surface area (Å²) in [5, 5.41) is 2.85. The molecule has 2 rings (SSSR count). The van der Waals surface area contributed by atoms with Gasteiger partial charge in [0.05, 0.1) is 15.7 Å². The zero-order valence-corrected chi connectivity index (χ0v) is 9.71. The molecule has 0 aliphatic carbocycles. The molecule has 0 unspecified atom stereocenters. The van der Waals surface area contributed by atoms with Gasteiger partial charge in [-0.3, -0.25) is 4.79 Å². The van der Waals surface area contributed by atoms with Crippen molar-refractivity contribution in [3.05, 3.63) is 27.3 Å². The van der Waals surface area contributed by atoms with Gasteiger partial charge in [0.1, 0.15) is 5.75 Å². The molecule has 1 aromatic carbocycles. The van der Waals surface area contributed by atoms with Crippen molar-refractivity contribution in [2.75, 3.05) is 13.2 Å². The third-order valence-corrected chi connectivity index (χ3v) is 2.91. The maximum absolute atomic E-state index is 11.6. The molecule has 1 aliphatic rings. The molecule has 1 amide bonds. The molecule has 74 valence electrons. The summed E-state index contributed by atoms with van der Waals surface area (Å²) in [7, 11) is 0. The van der Waals surface area contributed by atoms with E-state index in [1.165, 1.54) is 0 Å². The van der Waals surface area contributed by atoms with Gasteiger partial charge in [0, 0.05) is 6.54 Å². The van der Waals surface area contributed by atoms with Gasteiger partial charge in [-0.2, -0.15) is 0 Å². The van der Waals surface area contributed by atoms with Gasteiger partial charge in [-0.25, -0.2) is 0 Å². The first kappa shape index (κ1) is 9.76. The number of carbonyl (C=O) groups is 1. The van der Waals surface area contributed by atoms with Crippen LogP contribution in [0.1, 0.15) is 16.8 Å². The van der Waals surface area contributed by atoms with Gasteiger partial charge in [0.15, 0.2) is 0 Å². The van der Waals surface area contributed by atoms with Crippen LogP contribution in [0.15, 0.2) is 18.2 Å². The van der Waals surface area contributed by atoms with Crippen LogP contribution in [0.3, 0.4) is 0 Å². The fraction of sp³-hybridized carbons (Fsp3) is 0.300. The Labute approximate surface area is 96.0 Å². The lowest BCUT2D eigenvalue weighted by Gasteiger charge is -2.16. The van der Waals surface area contributed by atoms with Gasteiger partial charge in [0.25, 0.3) is 5.91 Å². The highest BCUT2D eigenvalue weighted by atomic mass is 127. The lowest BCUT2D eigenvalue weighted by Crippen LogP contribution is -2.28. The average Bonchev–Trinajstić information content (AvgIpc) is 2.16. The predicted octanol–water partition coefficient (Wildman–Crippen LogP) is 1.80. The fourth-order valence-electron chi connectivity index (χ4n) is 1.38. The molecule has 0 aromatic heterocycles. The molecule has 4 heteroatoms. The van der Waals surface area contributed by atoms with Gasteiger partial charge in [-0.05, 0) is 41.1 Å². The van der Waals surface area contributed by atoms with Crippen molar-refractivity contribution in [3.63, 3.8) is 0 Å². The van der Waals surface area contributed by atoms with Crippen molar-refractivity contribution in [3.8, 4) is 5.75 Å². The predicted molar refractivity (Wildman–Crippen MR) is 61.6 cm³/mol. The smallest absolute Gasteiger partial charge is 0.255 e. The van der Waals surface area contributed by atoms with Gasteiger partial charge >= 0.3 is 0 Å². The zero-order chi connectivity index (χ0) is 9.97. The lowest BCUT2D eigenvalue weighted by molar-refractivity contribution is 0.0939. The molecule has 0 atom stereocenters. The molecular weight excluding hydrogens is 293 g/mol. The Morgan fingerprint density at radius 2 is 2.29 bits per heavy atom. The minimum Gasteiger partial charge on any atom is -0.492 e. The Hall–Kier alpha value is -0.780. The Morgan fingerprint density at radius 3 is 3.14 bits per heavy atom. The van der Waals surface area contributed by atoms with Crippen LogP contribution in [0, 0.1) is 3.57 Å². The molecule has 1 N–H and O–H groups in total. The largest absolute Gasteiger partial charge is 0.492 e. The molecule has 0 saturated carbocycles. The molecule has 14 heavy (non-hydrogen) atoms. The second-order valence-corrected chi connectivity index (χ2v) is 4.24. The number of fused-ring (bicyclic) bond motifs is 1. The monoisotopic (exact) mass is 303 g/mol. The molecule has 1 aromatic rings. The van der Waals surface area contributed by atoms with E-state index in [0.717, 1.165) is 9.99 Å². The summed E-state index contributed by atoms with van der Waals surface area (Å²) in [6, 6.07) is 5.59. The van der Waals surface area contributed by atoms with Crippen LogP contribution in [0.25, 0.3) is 0 Å². The Balaban J connectivity index is 2.46. The van der Waals surface area contributed by atoms with E-state index in [-0.39, 0.29) is 5.91 Å². The van der Waals surface area contributed by atoms with E-state index < -0.39 is 0 Å². The first-order valence-electron chi connectivity index (χ1n) is 4.48. The number of carbonyl (C=O) groups excluding carboxylic acids is 1. The number of para-hydroxylation sites is 1. The Morgan fingerprint density at radius 1 is 1.43 bits per heavy atom.